The summed E-state index contributed by atoms with van der Waals surface area (Å²) in [6.07, 6.45) is 6.69. The molecule has 2 atom stereocenters. The van der Waals surface area contributed by atoms with E-state index >= 15 is 0 Å². The molecule has 0 N–H and O–H groups in total. The van der Waals surface area contributed by atoms with Crippen molar-refractivity contribution in [1.82, 2.24) is 4.90 Å². The Balaban J connectivity index is 1.73. The molecule has 0 aliphatic heterocycles. The Kier molecular flexibility index (Phi) is 4.11. The molecule has 3 nitrogen and oxygen atoms in total. The van der Waals surface area contributed by atoms with Crippen molar-refractivity contribution >= 4 is 16.8 Å². The number of benzene rings is 1. The topological polar surface area (TPSA) is 33.5 Å². The van der Waals surface area contributed by atoms with E-state index in [9.17, 15) is 4.79 Å². The molecule has 1 saturated carbocycles. The van der Waals surface area contributed by atoms with Crippen LogP contribution >= 0.6 is 0 Å². The summed E-state index contributed by atoms with van der Waals surface area (Å²) in [6, 6.07) is 8.26. The SMILES string of the molecule is CC1CCCCC1N(C)CC(=O)c1coc2ccccc12. The van der Waals surface area contributed by atoms with E-state index < -0.39 is 0 Å². The second-order valence-electron chi connectivity index (χ2n) is 6.31. The molecular weight excluding hydrogens is 262 g/mol. The molecule has 0 saturated heterocycles. The Morgan fingerprint density at radius 3 is 2.86 bits per heavy atom. The summed E-state index contributed by atoms with van der Waals surface area (Å²) >= 11 is 0. The van der Waals surface area contributed by atoms with Crippen LogP contribution < -0.4 is 0 Å². The van der Waals surface area contributed by atoms with Crippen LogP contribution in [0.5, 0.6) is 0 Å². The Bertz CT molecular complexity index is 631. The van der Waals surface area contributed by atoms with Crippen LogP contribution in [0.2, 0.25) is 0 Å². The number of furan rings is 1. The summed E-state index contributed by atoms with van der Waals surface area (Å²) in [4.78, 5) is 14.8. The summed E-state index contributed by atoms with van der Waals surface area (Å²) in [5.41, 5.74) is 1.50. The highest BCUT2D eigenvalue weighted by Crippen LogP contribution is 2.28. The van der Waals surface area contributed by atoms with Crippen molar-refractivity contribution in [2.75, 3.05) is 13.6 Å². The summed E-state index contributed by atoms with van der Waals surface area (Å²) in [6.45, 7) is 2.77. The van der Waals surface area contributed by atoms with Crippen molar-refractivity contribution in [3.05, 3.63) is 36.1 Å². The highest BCUT2D eigenvalue weighted by molar-refractivity contribution is 6.08. The Morgan fingerprint density at radius 1 is 1.29 bits per heavy atom. The Morgan fingerprint density at radius 2 is 2.05 bits per heavy atom. The Hall–Kier alpha value is -1.61. The molecule has 2 aromatic rings. The third kappa shape index (κ3) is 2.88. The van der Waals surface area contributed by atoms with Crippen molar-refractivity contribution in [2.45, 2.75) is 38.6 Å². The van der Waals surface area contributed by atoms with Gasteiger partial charge in [0.15, 0.2) is 5.78 Å². The number of ketones is 1. The van der Waals surface area contributed by atoms with E-state index in [1.54, 1.807) is 6.26 Å². The molecule has 1 heterocycles. The van der Waals surface area contributed by atoms with Crippen LogP contribution in [0, 0.1) is 5.92 Å². The smallest absolute Gasteiger partial charge is 0.180 e. The number of nitrogens with zero attached hydrogens (tertiary/aromatic N) is 1. The maximum atomic E-state index is 12.6. The Labute approximate surface area is 125 Å². The largest absolute Gasteiger partial charge is 0.464 e. The van der Waals surface area contributed by atoms with Gasteiger partial charge in [-0.2, -0.15) is 0 Å². The molecule has 112 valence electrons. The van der Waals surface area contributed by atoms with Gasteiger partial charge in [0.25, 0.3) is 0 Å². The van der Waals surface area contributed by atoms with Gasteiger partial charge >= 0.3 is 0 Å². The van der Waals surface area contributed by atoms with E-state index in [4.69, 9.17) is 4.42 Å². The summed E-state index contributed by atoms with van der Waals surface area (Å²) in [7, 11) is 2.08. The van der Waals surface area contributed by atoms with Crippen molar-refractivity contribution in [2.24, 2.45) is 5.92 Å². The van der Waals surface area contributed by atoms with Gasteiger partial charge in [-0.05, 0) is 31.9 Å². The van der Waals surface area contributed by atoms with Gasteiger partial charge in [-0.1, -0.05) is 38.0 Å². The van der Waals surface area contributed by atoms with Gasteiger partial charge in [0.2, 0.25) is 0 Å². The molecule has 1 fully saturated rings. The fraction of sp³-hybridized carbons (Fsp3) is 0.500. The van der Waals surface area contributed by atoms with Crippen LogP contribution in [0.1, 0.15) is 43.0 Å². The van der Waals surface area contributed by atoms with Gasteiger partial charge in [-0.3, -0.25) is 9.69 Å². The number of fused-ring (bicyclic) bond motifs is 1. The monoisotopic (exact) mass is 285 g/mol. The van der Waals surface area contributed by atoms with Crippen LogP contribution in [-0.2, 0) is 0 Å². The normalized spacial score (nSPS) is 22.8. The first-order chi connectivity index (χ1) is 10.2. The average Bonchev–Trinajstić information content (AvgIpc) is 2.91. The lowest BCUT2D eigenvalue weighted by atomic mass is 9.85. The molecule has 0 radical (unpaired) electrons. The summed E-state index contributed by atoms with van der Waals surface area (Å²) in [5.74, 6) is 0.831. The van der Waals surface area contributed by atoms with Gasteiger partial charge in [0, 0.05) is 11.4 Å². The molecule has 0 amide bonds. The number of carbonyl (C=O) groups is 1. The zero-order valence-corrected chi connectivity index (χ0v) is 12.8. The predicted molar refractivity (Wildman–Crippen MR) is 84.6 cm³/mol. The van der Waals surface area contributed by atoms with Crippen LogP contribution in [0.3, 0.4) is 0 Å². The maximum absolute atomic E-state index is 12.6. The minimum absolute atomic E-state index is 0.153. The molecule has 3 rings (SSSR count). The van der Waals surface area contributed by atoms with Crippen LogP contribution in [0.25, 0.3) is 11.0 Å². The molecule has 3 heteroatoms. The molecule has 1 aliphatic carbocycles. The van der Waals surface area contributed by atoms with Gasteiger partial charge in [0.05, 0.1) is 12.1 Å². The third-order valence-corrected chi connectivity index (χ3v) is 4.81. The zero-order chi connectivity index (χ0) is 14.8. The van der Waals surface area contributed by atoms with Crippen LogP contribution in [0.4, 0.5) is 0 Å². The van der Waals surface area contributed by atoms with E-state index in [2.05, 4.69) is 18.9 Å². The van der Waals surface area contributed by atoms with Crippen molar-refractivity contribution in [3.8, 4) is 0 Å². The fourth-order valence-corrected chi connectivity index (χ4v) is 3.57. The molecule has 1 aromatic heterocycles. The lowest BCUT2D eigenvalue weighted by molar-refractivity contribution is 0.0852. The standard InChI is InChI=1S/C18H23NO2/c1-13-7-3-5-9-16(13)19(2)11-17(20)15-12-21-18-10-6-4-8-14(15)18/h4,6,8,10,12-13,16H,3,5,7,9,11H2,1-2H3. The maximum Gasteiger partial charge on any atom is 0.180 e. The molecule has 1 aromatic carbocycles. The number of para-hydroxylation sites is 1. The molecule has 0 bridgehead atoms. The van der Waals surface area contributed by atoms with E-state index in [-0.39, 0.29) is 5.78 Å². The van der Waals surface area contributed by atoms with Crippen LogP contribution in [0.15, 0.2) is 34.9 Å². The lowest BCUT2D eigenvalue weighted by Gasteiger charge is -2.35. The van der Waals surface area contributed by atoms with Crippen molar-refractivity contribution in [3.63, 3.8) is 0 Å². The first-order valence-corrected chi connectivity index (χ1v) is 7.86. The minimum Gasteiger partial charge on any atom is -0.464 e. The highest BCUT2D eigenvalue weighted by Gasteiger charge is 2.26. The average molecular weight is 285 g/mol. The van der Waals surface area contributed by atoms with E-state index in [1.807, 2.05) is 24.3 Å². The summed E-state index contributed by atoms with van der Waals surface area (Å²) in [5, 5.41) is 0.924. The van der Waals surface area contributed by atoms with Gasteiger partial charge in [-0.15, -0.1) is 0 Å². The lowest BCUT2D eigenvalue weighted by Crippen LogP contribution is -2.41. The first-order valence-electron chi connectivity index (χ1n) is 7.86. The van der Waals surface area contributed by atoms with Crippen molar-refractivity contribution < 1.29 is 9.21 Å². The van der Waals surface area contributed by atoms with Gasteiger partial charge < -0.3 is 4.42 Å². The van der Waals surface area contributed by atoms with Crippen molar-refractivity contribution in [1.29, 1.82) is 0 Å². The molecule has 1 aliphatic rings. The number of likely N-dealkylation sites (N-methyl/N-ethyl adjacent to an activating group) is 1. The number of Topliss-reactive ketones (excluding diaryl/α,β-unsaturated/α-hetero) is 1. The molecule has 21 heavy (non-hydrogen) atoms. The van der Waals surface area contributed by atoms with E-state index in [0.717, 1.165) is 11.0 Å². The van der Waals surface area contributed by atoms with E-state index in [0.29, 0.717) is 24.1 Å². The first kappa shape index (κ1) is 14.3. The fourth-order valence-electron chi connectivity index (χ4n) is 3.57. The zero-order valence-electron chi connectivity index (χ0n) is 12.8. The minimum atomic E-state index is 0.153. The van der Waals surface area contributed by atoms with E-state index in [1.165, 1.54) is 25.7 Å². The predicted octanol–water partition coefficient (Wildman–Crippen LogP) is 4.13. The number of hydrogen-bond acceptors (Lipinski definition) is 3. The van der Waals surface area contributed by atoms with Crippen LogP contribution in [-0.4, -0.2) is 30.3 Å². The molecular formula is C18H23NO2. The molecule has 2 unspecified atom stereocenters. The number of hydrogen-bond donors (Lipinski definition) is 0. The quantitative estimate of drug-likeness (QED) is 0.792. The number of rotatable bonds is 4. The third-order valence-electron chi connectivity index (χ3n) is 4.81. The highest BCUT2D eigenvalue weighted by atomic mass is 16.3. The summed E-state index contributed by atoms with van der Waals surface area (Å²) < 4.78 is 5.48. The molecule has 0 spiro atoms. The number of carbonyl (C=O) groups excluding carboxylic acids is 1. The second-order valence-corrected chi connectivity index (χ2v) is 6.31. The van der Waals surface area contributed by atoms with Gasteiger partial charge in [0.1, 0.15) is 11.8 Å². The van der Waals surface area contributed by atoms with Gasteiger partial charge in [-0.25, -0.2) is 0 Å². The second kappa shape index (κ2) is 6.02.